The second kappa shape index (κ2) is 9.86. The molecule has 7 nitrogen and oxygen atoms in total. The van der Waals surface area contributed by atoms with Crippen LogP contribution >= 0.6 is 0 Å². The molecule has 0 radical (unpaired) electrons. The second-order valence-corrected chi connectivity index (χ2v) is 8.70. The van der Waals surface area contributed by atoms with Gasteiger partial charge < -0.3 is 15.4 Å². The predicted molar refractivity (Wildman–Crippen MR) is 109 cm³/mol. The molecular weight excluding hydrogens is 416 g/mol. The Balaban J connectivity index is 1.57. The van der Waals surface area contributed by atoms with Crippen molar-refractivity contribution < 1.29 is 26.7 Å². The highest BCUT2D eigenvalue weighted by atomic mass is 32.2. The number of ether oxygens (including phenoxy) is 1. The van der Waals surface area contributed by atoms with Crippen molar-refractivity contribution in [1.29, 1.82) is 0 Å². The summed E-state index contributed by atoms with van der Waals surface area (Å²) < 4.78 is 56.1. The van der Waals surface area contributed by atoms with Gasteiger partial charge >= 0.3 is 6.61 Å². The highest BCUT2D eigenvalue weighted by Crippen LogP contribution is 2.25. The highest BCUT2D eigenvalue weighted by molar-refractivity contribution is 7.89. The van der Waals surface area contributed by atoms with Gasteiger partial charge in [-0.1, -0.05) is 18.6 Å². The molecule has 0 unspecified atom stereocenters. The van der Waals surface area contributed by atoms with E-state index >= 15 is 0 Å². The first-order chi connectivity index (χ1) is 14.4. The number of para-hydroxylation sites is 2. The first-order valence-electron chi connectivity index (χ1n) is 9.54. The molecule has 2 aromatic rings. The zero-order valence-electron chi connectivity index (χ0n) is 16.2. The van der Waals surface area contributed by atoms with Gasteiger partial charge in [0.05, 0.1) is 17.1 Å². The Kier molecular flexibility index (Phi) is 7.22. The molecule has 1 aliphatic heterocycles. The minimum Gasteiger partial charge on any atom is -0.433 e. The normalized spacial score (nSPS) is 15.0. The maximum atomic E-state index is 12.7. The zero-order chi connectivity index (χ0) is 21.6. The van der Waals surface area contributed by atoms with Gasteiger partial charge in [0.2, 0.25) is 15.9 Å². The number of halogens is 2. The number of anilines is 2. The fourth-order valence-electron chi connectivity index (χ4n) is 3.16. The second-order valence-electron chi connectivity index (χ2n) is 6.77. The van der Waals surface area contributed by atoms with Gasteiger partial charge in [0.1, 0.15) is 5.75 Å². The van der Waals surface area contributed by atoms with Crippen LogP contribution in [0.15, 0.2) is 53.4 Å². The molecule has 0 bridgehead atoms. The van der Waals surface area contributed by atoms with Gasteiger partial charge in [-0.3, -0.25) is 4.79 Å². The zero-order valence-corrected chi connectivity index (χ0v) is 17.0. The van der Waals surface area contributed by atoms with E-state index in [0.29, 0.717) is 18.8 Å². The Bertz CT molecular complexity index is 962. The quantitative estimate of drug-likeness (QED) is 0.657. The lowest BCUT2D eigenvalue weighted by Gasteiger charge is -2.25. The Morgan fingerprint density at radius 3 is 2.37 bits per heavy atom. The molecule has 3 rings (SSSR count). The minimum atomic E-state index is -3.54. The van der Waals surface area contributed by atoms with Crippen LogP contribution in [0.25, 0.3) is 0 Å². The van der Waals surface area contributed by atoms with E-state index in [9.17, 15) is 22.0 Å². The molecule has 2 N–H and O–H groups in total. The first-order valence-corrected chi connectivity index (χ1v) is 11.0. The van der Waals surface area contributed by atoms with Crippen molar-refractivity contribution in [1.82, 2.24) is 4.31 Å². The van der Waals surface area contributed by atoms with E-state index in [0.717, 1.165) is 19.3 Å². The fourth-order valence-corrected chi connectivity index (χ4v) is 4.67. The molecule has 0 aliphatic carbocycles. The third-order valence-electron chi connectivity index (χ3n) is 4.63. The number of sulfonamides is 1. The molecule has 1 saturated heterocycles. The fraction of sp³-hybridized carbons (Fsp3) is 0.350. The number of benzene rings is 2. The summed E-state index contributed by atoms with van der Waals surface area (Å²) in [6.07, 6.45) is 2.74. The number of piperidine rings is 1. The monoisotopic (exact) mass is 439 g/mol. The van der Waals surface area contributed by atoms with Crippen LogP contribution < -0.4 is 15.4 Å². The Morgan fingerprint density at radius 2 is 1.70 bits per heavy atom. The predicted octanol–water partition coefficient (Wildman–Crippen LogP) is 3.51. The van der Waals surface area contributed by atoms with Crippen molar-refractivity contribution in [2.24, 2.45) is 0 Å². The summed E-state index contributed by atoms with van der Waals surface area (Å²) >= 11 is 0. The summed E-state index contributed by atoms with van der Waals surface area (Å²) in [5.41, 5.74) is 0.687. The van der Waals surface area contributed by atoms with E-state index in [2.05, 4.69) is 15.4 Å². The van der Waals surface area contributed by atoms with E-state index in [-0.39, 0.29) is 22.9 Å². The van der Waals surface area contributed by atoms with Gasteiger partial charge in [0, 0.05) is 18.8 Å². The summed E-state index contributed by atoms with van der Waals surface area (Å²) in [6.45, 7) is -2.12. The van der Waals surface area contributed by atoms with Crippen LogP contribution in [-0.2, 0) is 14.8 Å². The van der Waals surface area contributed by atoms with Crippen LogP contribution in [0.1, 0.15) is 19.3 Å². The van der Waals surface area contributed by atoms with Gasteiger partial charge in [0.25, 0.3) is 0 Å². The van der Waals surface area contributed by atoms with Crippen molar-refractivity contribution in [3.05, 3.63) is 48.5 Å². The van der Waals surface area contributed by atoms with E-state index in [1.807, 2.05) is 0 Å². The highest BCUT2D eigenvalue weighted by Gasteiger charge is 2.25. The summed E-state index contributed by atoms with van der Waals surface area (Å²) in [4.78, 5) is 12.3. The van der Waals surface area contributed by atoms with E-state index in [1.54, 1.807) is 12.1 Å². The summed E-state index contributed by atoms with van der Waals surface area (Å²) in [5, 5.41) is 5.38. The Morgan fingerprint density at radius 1 is 1.03 bits per heavy atom. The number of hydrogen-bond donors (Lipinski definition) is 2. The standard InChI is InChI=1S/C20H23F2N3O4S/c21-20(22)29-18-7-3-2-6-17(18)23-14-19(26)24-15-8-10-16(11-9-15)30(27,28)25-12-4-1-5-13-25/h2-3,6-11,20,23H,1,4-5,12-14H2,(H,24,26). The molecule has 1 amide bonds. The molecule has 1 fully saturated rings. The minimum absolute atomic E-state index is 0.0624. The molecule has 0 aromatic heterocycles. The maximum absolute atomic E-state index is 12.7. The molecule has 1 heterocycles. The number of carbonyl (C=O) groups is 1. The molecule has 162 valence electrons. The molecule has 1 aliphatic rings. The number of hydrogen-bond acceptors (Lipinski definition) is 5. The van der Waals surface area contributed by atoms with Gasteiger partial charge in [-0.05, 0) is 49.2 Å². The lowest BCUT2D eigenvalue weighted by Crippen LogP contribution is -2.35. The summed E-state index contributed by atoms with van der Waals surface area (Å²) in [7, 11) is -3.54. The van der Waals surface area contributed by atoms with Crippen LogP contribution in [0.3, 0.4) is 0 Å². The lowest BCUT2D eigenvalue weighted by atomic mass is 10.2. The van der Waals surface area contributed by atoms with Crippen molar-refractivity contribution in [3.8, 4) is 5.75 Å². The molecule has 30 heavy (non-hydrogen) atoms. The number of amides is 1. The van der Waals surface area contributed by atoms with Gasteiger partial charge in [-0.25, -0.2) is 8.42 Å². The summed E-state index contributed by atoms with van der Waals surface area (Å²) in [6, 6.07) is 12.0. The van der Waals surface area contributed by atoms with E-state index in [4.69, 9.17) is 0 Å². The van der Waals surface area contributed by atoms with Crippen molar-refractivity contribution in [2.45, 2.75) is 30.8 Å². The molecule has 0 atom stereocenters. The van der Waals surface area contributed by atoms with E-state index in [1.165, 1.54) is 40.7 Å². The SMILES string of the molecule is O=C(CNc1ccccc1OC(F)F)Nc1ccc(S(=O)(=O)N2CCCCC2)cc1. The molecule has 10 heteroatoms. The molecule has 0 spiro atoms. The number of rotatable bonds is 8. The third-order valence-corrected chi connectivity index (χ3v) is 6.55. The average Bonchev–Trinajstić information content (AvgIpc) is 2.74. The number of carbonyl (C=O) groups excluding carboxylic acids is 1. The maximum Gasteiger partial charge on any atom is 0.387 e. The van der Waals surface area contributed by atoms with Gasteiger partial charge in [-0.15, -0.1) is 0 Å². The van der Waals surface area contributed by atoms with Gasteiger partial charge in [0.15, 0.2) is 0 Å². The first kappa shape index (κ1) is 22.0. The smallest absolute Gasteiger partial charge is 0.387 e. The Labute approximate surface area is 174 Å². The molecule has 0 saturated carbocycles. The van der Waals surface area contributed by atoms with Crippen molar-refractivity contribution >= 4 is 27.3 Å². The van der Waals surface area contributed by atoms with Crippen LogP contribution in [0, 0.1) is 0 Å². The van der Waals surface area contributed by atoms with Gasteiger partial charge in [-0.2, -0.15) is 13.1 Å². The van der Waals surface area contributed by atoms with Crippen LogP contribution in [-0.4, -0.2) is 44.9 Å². The topological polar surface area (TPSA) is 87.7 Å². The van der Waals surface area contributed by atoms with Crippen molar-refractivity contribution in [2.75, 3.05) is 30.3 Å². The number of alkyl halides is 2. The largest absolute Gasteiger partial charge is 0.433 e. The Hall–Kier alpha value is -2.72. The number of nitrogens with zero attached hydrogens (tertiary/aromatic N) is 1. The lowest BCUT2D eigenvalue weighted by molar-refractivity contribution is -0.114. The third kappa shape index (κ3) is 5.67. The van der Waals surface area contributed by atoms with Crippen LogP contribution in [0.5, 0.6) is 5.75 Å². The van der Waals surface area contributed by atoms with E-state index < -0.39 is 22.5 Å². The summed E-state index contributed by atoms with van der Waals surface area (Å²) in [5.74, 6) is -0.485. The van der Waals surface area contributed by atoms with Crippen LogP contribution in [0.2, 0.25) is 0 Å². The average molecular weight is 439 g/mol. The molecular formula is C20H23F2N3O4S. The molecule has 2 aromatic carbocycles. The van der Waals surface area contributed by atoms with Crippen LogP contribution in [0.4, 0.5) is 20.2 Å². The van der Waals surface area contributed by atoms with Crippen molar-refractivity contribution in [3.63, 3.8) is 0 Å². The number of nitrogens with one attached hydrogen (secondary N) is 2.